The topological polar surface area (TPSA) is 76.9 Å². The predicted octanol–water partition coefficient (Wildman–Crippen LogP) is 2.16. The van der Waals surface area contributed by atoms with Crippen molar-refractivity contribution >= 4 is 37.3 Å². The van der Waals surface area contributed by atoms with Crippen LogP contribution >= 0.6 is 27.3 Å². The van der Waals surface area contributed by atoms with E-state index in [9.17, 15) is 8.42 Å². The highest BCUT2D eigenvalue weighted by atomic mass is 79.9. The van der Waals surface area contributed by atoms with Gasteiger partial charge in [-0.1, -0.05) is 0 Å². The fraction of sp³-hybridized carbons (Fsp3) is 0.400. The first kappa shape index (κ1) is 14.6. The average molecular weight is 365 g/mol. The zero-order valence-corrected chi connectivity index (χ0v) is 13.6. The van der Waals surface area contributed by atoms with Crippen LogP contribution in [0.4, 0.5) is 0 Å². The number of thiophene rings is 1. The monoisotopic (exact) mass is 364 g/mol. The van der Waals surface area contributed by atoms with Crippen LogP contribution in [0.3, 0.4) is 0 Å². The highest BCUT2D eigenvalue weighted by Crippen LogP contribution is 2.25. The highest BCUT2D eigenvalue weighted by molar-refractivity contribution is 9.11. The van der Waals surface area contributed by atoms with Gasteiger partial charge in [0.1, 0.15) is 16.4 Å². The number of rotatable bonds is 5. The van der Waals surface area contributed by atoms with Gasteiger partial charge in [0.2, 0.25) is 10.0 Å². The van der Waals surface area contributed by atoms with Crippen LogP contribution in [-0.2, 0) is 16.6 Å². The molecule has 0 aliphatic carbocycles. The van der Waals surface area contributed by atoms with Crippen LogP contribution in [0.5, 0.6) is 0 Å². The van der Waals surface area contributed by atoms with Crippen molar-refractivity contribution < 1.29 is 8.42 Å². The summed E-state index contributed by atoms with van der Waals surface area (Å²) in [5.74, 6) is 0.592. The summed E-state index contributed by atoms with van der Waals surface area (Å²) in [6.45, 7) is 4.04. The summed E-state index contributed by atoms with van der Waals surface area (Å²) in [5.41, 5.74) is 0. The van der Waals surface area contributed by atoms with Gasteiger partial charge in [-0.05, 0) is 41.9 Å². The van der Waals surface area contributed by atoms with Gasteiger partial charge < -0.3 is 0 Å². The zero-order valence-electron chi connectivity index (χ0n) is 10.4. The van der Waals surface area contributed by atoms with E-state index in [2.05, 4.69) is 30.7 Å². The molecule has 0 bridgehead atoms. The lowest BCUT2D eigenvalue weighted by Gasteiger charge is -2.09. The number of aromatic nitrogens is 3. The van der Waals surface area contributed by atoms with E-state index in [-0.39, 0.29) is 16.8 Å². The third kappa shape index (κ3) is 3.41. The molecule has 0 saturated carbocycles. The summed E-state index contributed by atoms with van der Waals surface area (Å²) in [4.78, 5) is 4.06. The second kappa shape index (κ2) is 5.70. The van der Waals surface area contributed by atoms with Crippen molar-refractivity contribution in [3.8, 4) is 0 Å². The molecule has 0 atom stereocenters. The van der Waals surface area contributed by atoms with Crippen LogP contribution in [0.1, 0.15) is 25.7 Å². The van der Waals surface area contributed by atoms with Gasteiger partial charge >= 0.3 is 0 Å². The Morgan fingerprint density at radius 2 is 2.21 bits per heavy atom. The lowest BCUT2D eigenvalue weighted by atomic mass is 10.4. The van der Waals surface area contributed by atoms with E-state index < -0.39 is 10.0 Å². The Labute approximate surface area is 124 Å². The minimum absolute atomic E-state index is 0.121. The predicted molar refractivity (Wildman–Crippen MR) is 76.5 cm³/mol. The Morgan fingerprint density at radius 3 is 2.79 bits per heavy atom. The first-order valence-electron chi connectivity index (χ1n) is 5.53. The van der Waals surface area contributed by atoms with Crippen LogP contribution in [-0.4, -0.2) is 23.2 Å². The van der Waals surface area contributed by atoms with E-state index in [1.54, 1.807) is 16.8 Å². The van der Waals surface area contributed by atoms with Crippen LogP contribution in [0.25, 0.3) is 0 Å². The van der Waals surface area contributed by atoms with E-state index >= 15 is 0 Å². The summed E-state index contributed by atoms with van der Waals surface area (Å²) in [5, 5.41) is 4.06. The van der Waals surface area contributed by atoms with E-state index in [1.807, 2.05) is 13.8 Å². The van der Waals surface area contributed by atoms with Crippen molar-refractivity contribution in [2.24, 2.45) is 0 Å². The van der Waals surface area contributed by atoms with Gasteiger partial charge in [0.05, 0.1) is 10.3 Å². The van der Waals surface area contributed by atoms with Gasteiger partial charge in [0, 0.05) is 6.04 Å². The third-order valence-electron chi connectivity index (χ3n) is 2.37. The molecule has 0 saturated heterocycles. The summed E-state index contributed by atoms with van der Waals surface area (Å²) >= 11 is 4.41. The number of halogens is 1. The molecular weight excluding hydrogens is 352 g/mol. The van der Waals surface area contributed by atoms with Gasteiger partial charge in [-0.25, -0.2) is 22.8 Å². The SMILES string of the molecule is CC(C)n1ncnc1CNS(=O)(=O)c1ccc(Br)s1. The third-order valence-corrected chi connectivity index (χ3v) is 5.89. The van der Waals surface area contributed by atoms with Crippen molar-refractivity contribution in [3.63, 3.8) is 0 Å². The van der Waals surface area contributed by atoms with Crippen molar-refractivity contribution in [1.82, 2.24) is 19.5 Å². The summed E-state index contributed by atoms with van der Waals surface area (Å²) in [7, 11) is -3.50. The van der Waals surface area contributed by atoms with E-state index in [1.165, 1.54) is 17.7 Å². The van der Waals surface area contributed by atoms with Crippen molar-refractivity contribution in [2.45, 2.75) is 30.6 Å². The minimum atomic E-state index is -3.50. The molecule has 2 aromatic heterocycles. The number of hydrogen-bond donors (Lipinski definition) is 1. The van der Waals surface area contributed by atoms with E-state index in [0.717, 1.165) is 3.79 Å². The quantitative estimate of drug-likeness (QED) is 0.881. The van der Waals surface area contributed by atoms with Crippen LogP contribution < -0.4 is 4.72 Å². The maximum atomic E-state index is 12.0. The average Bonchev–Trinajstić information content (AvgIpc) is 2.94. The molecule has 1 N–H and O–H groups in total. The molecule has 0 unspecified atom stereocenters. The Kier molecular flexibility index (Phi) is 4.39. The largest absolute Gasteiger partial charge is 0.250 e. The van der Waals surface area contributed by atoms with E-state index in [4.69, 9.17) is 0 Å². The molecule has 0 radical (unpaired) electrons. The van der Waals surface area contributed by atoms with Gasteiger partial charge in [0.15, 0.2) is 0 Å². The zero-order chi connectivity index (χ0) is 14.0. The van der Waals surface area contributed by atoms with Crippen LogP contribution in [0, 0.1) is 0 Å². The second-order valence-corrected chi connectivity index (χ2v) is 8.55. The van der Waals surface area contributed by atoms with Gasteiger partial charge in [-0.15, -0.1) is 11.3 Å². The number of nitrogens with zero attached hydrogens (tertiary/aromatic N) is 3. The maximum Gasteiger partial charge on any atom is 0.250 e. The Hall–Kier alpha value is -0.770. The lowest BCUT2D eigenvalue weighted by molar-refractivity contribution is 0.499. The van der Waals surface area contributed by atoms with Gasteiger partial charge in [-0.3, -0.25) is 0 Å². The molecule has 0 aromatic carbocycles. The van der Waals surface area contributed by atoms with Gasteiger partial charge in [0.25, 0.3) is 0 Å². The normalized spacial score (nSPS) is 12.2. The molecule has 104 valence electrons. The molecule has 0 spiro atoms. The fourth-order valence-corrected chi connectivity index (χ4v) is 4.54. The molecule has 2 rings (SSSR count). The molecule has 9 heteroatoms. The van der Waals surface area contributed by atoms with Crippen LogP contribution in [0.2, 0.25) is 0 Å². The Balaban J connectivity index is 2.12. The Morgan fingerprint density at radius 1 is 1.47 bits per heavy atom. The molecule has 0 fully saturated rings. The lowest BCUT2D eigenvalue weighted by Crippen LogP contribution is -2.25. The molecule has 2 heterocycles. The molecule has 0 aliphatic heterocycles. The number of hydrogen-bond acceptors (Lipinski definition) is 5. The first-order valence-corrected chi connectivity index (χ1v) is 8.63. The smallest absolute Gasteiger partial charge is 0.246 e. The number of nitrogens with one attached hydrogen (secondary N) is 1. The number of sulfonamides is 1. The van der Waals surface area contributed by atoms with Crippen LogP contribution in [0.15, 0.2) is 26.5 Å². The van der Waals surface area contributed by atoms with Gasteiger partial charge in [-0.2, -0.15) is 5.10 Å². The summed E-state index contributed by atoms with van der Waals surface area (Å²) in [6.07, 6.45) is 1.42. The van der Waals surface area contributed by atoms with Crippen molar-refractivity contribution in [3.05, 3.63) is 28.1 Å². The molecular formula is C10H13BrN4O2S2. The standard InChI is InChI=1S/C10H13BrN4O2S2/c1-7(2)15-9(12-6-13-15)5-14-19(16,17)10-4-3-8(11)18-10/h3-4,6-7,14H,5H2,1-2H3. The molecule has 6 nitrogen and oxygen atoms in total. The summed E-state index contributed by atoms with van der Waals surface area (Å²) in [6, 6.07) is 3.40. The minimum Gasteiger partial charge on any atom is -0.246 e. The highest BCUT2D eigenvalue weighted by Gasteiger charge is 2.18. The van der Waals surface area contributed by atoms with Crippen molar-refractivity contribution in [2.75, 3.05) is 0 Å². The molecule has 0 aliphatic rings. The fourth-order valence-electron chi connectivity index (χ4n) is 1.50. The summed E-state index contributed by atoms with van der Waals surface area (Å²) < 4.78 is 29.3. The van der Waals surface area contributed by atoms with E-state index in [0.29, 0.717) is 5.82 Å². The Bertz CT molecular complexity index is 663. The molecule has 2 aromatic rings. The second-order valence-electron chi connectivity index (χ2n) is 4.10. The maximum absolute atomic E-state index is 12.0. The molecule has 19 heavy (non-hydrogen) atoms. The first-order chi connectivity index (χ1) is 8.90. The van der Waals surface area contributed by atoms with Crippen molar-refractivity contribution in [1.29, 1.82) is 0 Å². The molecule has 0 amide bonds.